The summed E-state index contributed by atoms with van der Waals surface area (Å²) in [5.74, 6) is 0.608. The Morgan fingerprint density at radius 2 is 2.05 bits per heavy atom. The molecule has 1 heterocycles. The molecule has 3 nitrogen and oxygen atoms in total. The molecular formula is C14H15Cl2N2O. The van der Waals surface area contributed by atoms with Crippen molar-refractivity contribution in [3.63, 3.8) is 0 Å². The van der Waals surface area contributed by atoms with Crippen LogP contribution in [0.4, 0.5) is 0 Å². The summed E-state index contributed by atoms with van der Waals surface area (Å²) in [6.07, 6.45) is 1.77. The van der Waals surface area contributed by atoms with Crippen LogP contribution in [0.15, 0.2) is 24.3 Å². The van der Waals surface area contributed by atoms with Gasteiger partial charge >= 0.3 is 0 Å². The molecular weight excluding hydrogens is 283 g/mol. The molecule has 0 bridgehead atoms. The van der Waals surface area contributed by atoms with Gasteiger partial charge in [-0.15, -0.1) is 5.10 Å². The highest BCUT2D eigenvalue weighted by atomic mass is 35.5. The SMILES string of the molecule is [CH2]CCCOc1cc(C)n(-c2ccc(Cl)c(Cl)c2)n1. The van der Waals surface area contributed by atoms with Crippen LogP contribution in [0.5, 0.6) is 5.88 Å². The van der Waals surface area contributed by atoms with Crippen LogP contribution >= 0.6 is 23.2 Å². The summed E-state index contributed by atoms with van der Waals surface area (Å²) in [5, 5.41) is 5.43. The van der Waals surface area contributed by atoms with Crippen molar-refractivity contribution in [2.45, 2.75) is 19.8 Å². The molecule has 101 valence electrons. The highest BCUT2D eigenvalue weighted by molar-refractivity contribution is 6.42. The molecule has 1 radical (unpaired) electrons. The van der Waals surface area contributed by atoms with E-state index in [1.807, 2.05) is 19.1 Å². The van der Waals surface area contributed by atoms with Crippen molar-refractivity contribution < 1.29 is 4.74 Å². The van der Waals surface area contributed by atoms with Gasteiger partial charge in [0, 0.05) is 11.8 Å². The van der Waals surface area contributed by atoms with Crippen LogP contribution in [-0.4, -0.2) is 16.4 Å². The second kappa shape index (κ2) is 6.31. The predicted octanol–water partition coefficient (Wildman–Crippen LogP) is 4.48. The zero-order valence-corrected chi connectivity index (χ0v) is 12.2. The van der Waals surface area contributed by atoms with E-state index in [9.17, 15) is 0 Å². The van der Waals surface area contributed by atoms with Gasteiger partial charge in [0.1, 0.15) is 0 Å². The van der Waals surface area contributed by atoms with E-state index in [1.54, 1.807) is 16.8 Å². The van der Waals surface area contributed by atoms with Gasteiger partial charge < -0.3 is 4.74 Å². The van der Waals surface area contributed by atoms with E-state index in [0.717, 1.165) is 24.2 Å². The van der Waals surface area contributed by atoms with Gasteiger partial charge in [-0.1, -0.05) is 36.5 Å². The lowest BCUT2D eigenvalue weighted by atomic mass is 10.3. The maximum atomic E-state index is 6.01. The largest absolute Gasteiger partial charge is 0.477 e. The van der Waals surface area contributed by atoms with Crippen molar-refractivity contribution in [2.75, 3.05) is 6.61 Å². The van der Waals surface area contributed by atoms with Gasteiger partial charge in [-0.2, -0.15) is 0 Å². The lowest BCUT2D eigenvalue weighted by Gasteiger charge is -2.05. The monoisotopic (exact) mass is 297 g/mol. The fraction of sp³-hybridized carbons (Fsp3) is 0.286. The molecule has 5 heteroatoms. The summed E-state index contributed by atoms with van der Waals surface area (Å²) < 4.78 is 7.33. The average molecular weight is 298 g/mol. The van der Waals surface area contributed by atoms with Gasteiger partial charge in [-0.05, 0) is 31.5 Å². The zero-order valence-electron chi connectivity index (χ0n) is 10.7. The van der Waals surface area contributed by atoms with Crippen molar-refractivity contribution >= 4 is 23.2 Å². The smallest absolute Gasteiger partial charge is 0.233 e. The Hall–Kier alpha value is -1.19. The minimum atomic E-state index is 0.508. The summed E-state index contributed by atoms with van der Waals surface area (Å²) in [4.78, 5) is 0. The van der Waals surface area contributed by atoms with Crippen molar-refractivity contribution in [1.29, 1.82) is 0 Å². The fourth-order valence-electron chi connectivity index (χ4n) is 1.67. The van der Waals surface area contributed by atoms with Gasteiger partial charge in [-0.3, -0.25) is 0 Å². The quantitative estimate of drug-likeness (QED) is 0.761. The molecule has 0 saturated heterocycles. The highest BCUT2D eigenvalue weighted by Crippen LogP contribution is 2.25. The highest BCUT2D eigenvalue weighted by Gasteiger charge is 2.08. The van der Waals surface area contributed by atoms with Gasteiger partial charge in [-0.25, -0.2) is 4.68 Å². The molecule has 0 aliphatic heterocycles. The first kappa shape index (κ1) is 14.2. The molecule has 19 heavy (non-hydrogen) atoms. The molecule has 1 aromatic heterocycles. The summed E-state index contributed by atoms with van der Waals surface area (Å²) in [5.41, 5.74) is 1.84. The molecule has 0 atom stereocenters. The van der Waals surface area contributed by atoms with Crippen molar-refractivity contribution in [1.82, 2.24) is 9.78 Å². The lowest BCUT2D eigenvalue weighted by Crippen LogP contribution is -2.00. The van der Waals surface area contributed by atoms with Crippen LogP contribution in [0, 0.1) is 13.8 Å². The minimum absolute atomic E-state index is 0.508. The van der Waals surface area contributed by atoms with E-state index >= 15 is 0 Å². The molecule has 1 aromatic carbocycles. The van der Waals surface area contributed by atoms with E-state index in [4.69, 9.17) is 27.9 Å². The van der Waals surface area contributed by atoms with Crippen LogP contribution in [0.3, 0.4) is 0 Å². The molecule has 2 aromatic rings. The number of aryl methyl sites for hydroxylation is 1. The maximum absolute atomic E-state index is 6.01. The molecule has 2 rings (SSSR count). The number of aromatic nitrogens is 2. The minimum Gasteiger partial charge on any atom is -0.477 e. The zero-order chi connectivity index (χ0) is 13.8. The van der Waals surface area contributed by atoms with Crippen LogP contribution in [-0.2, 0) is 0 Å². The van der Waals surface area contributed by atoms with Crippen LogP contribution < -0.4 is 4.74 Å². The second-order valence-electron chi connectivity index (χ2n) is 4.19. The second-order valence-corrected chi connectivity index (χ2v) is 5.00. The van der Waals surface area contributed by atoms with E-state index in [1.165, 1.54) is 0 Å². The first-order valence-electron chi connectivity index (χ1n) is 6.06. The number of halogens is 2. The van der Waals surface area contributed by atoms with Crippen LogP contribution in [0.2, 0.25) is 10.0 Å². The number of unbranched alkanes of at least 4 members (excludes halogenated alkanes) is 1. The number of hydrogen-bond donors (Lipinski definition) is 0. The van der Waals surface area contributed by atoms with Gasteiger partial charge in [0.05, 0.1) is 22.3 Å². The molecule has 0 saturated carbocycles. The van der Waals surface area contributed by atoms with Crippen LogP contribution in [0.25, 0.3) is 5.69 Å². The number of benzene rings is 1. The van der Waals surface area contributed by atoms with Gasteiger partial charge in [0.15, 0.2) is 0 Å². The summed E-state index contributed by atoms with van der Waals surface area (Å²) in [6.45, 7) is 6.36. The first-order valence-corrected chi connectivity index (χ1v) is 6.81. The van der Waals surface area contributed by atoms with Gasteiger partial charge in [0.25, 0.3) is 0 Å². The lowest BCUT2D eigenvalue weighted by molar-refractivity contribution is 0.298. The molecule has 0 fully saturated rings. The summed E-state index contributed by atoms with van der Waals surface area (Å²) in [7, 11) is 0. The predicted molar refractivity (Wildman–Crippen MR) is 78.4 cm³/mol. The van der Waals surface area contributed by atoms with E-state index in [0.29, 0.717) is 22.5 Å². The van der Waals surface area contributed by atoms with Crippen molar-refractivity contribution in [3.8, 4) is 11.6 Å². The van der Waals surface area contributed by atoms with Crippen molar-refractivity contribution in [3.05, 3.63) is 46.9 Å². The normalized spacial score (nSPS) is 10.7. The Morgan fingerprint density at radius 3 is 2.74 bits per heavy atom. The topological polar surface area (TPSA) is 27.1 Å². The number of rotatable bonds is 5. The Bertz CT molecular complexity index is 567. The molecule has 0 spiro atoms. The average Bonchev–Trinajstić information content (AvgIpc) is 2.74. The molecule has 0 aliphatic carbocycles. The third-order valence-electron chi connectivity index (χ3n) is 2.66. The molecule has 0 amide bonds. The summed E-state index contributed by atoms with van der Waals surface area (Å²) in [6, 6.07) is 7.30. The van der Waals surface area contributed by atoms with E-state index < -0.39 is 0 Å². The van der Waals surface area contributed by atoms with E-state index in [2.05, 4.69) is 12.0 Å². The van der Waals surface area contributed by atoms with Gasteiger partial charge in [0.2, 0.25) is 5.88 Å². The Labute approximate surface area is 123 Å². The fourth-order valence-corrected chi connectivity index (χ4v) is 1.97. The third kappa shape index (κ3) is 3.43. The number of ether oxygens (including phenoxy) is 1. The number of nitrogens with zero attached hydrogens (tertiary/aromatic N) is 2. The Morgan fingerprint density at radius 1 is 1.26 bits per heavy atom. The maximum Gasteiger partial charge on any atom is 0.233 e. The first-order chi connectivity index (χ1) is 9.11. The molecule has 0 aliphatic rings. The van der Waals surface area contributed by atoms with Crippen LogP contribution in [0.1, 0.15) is 18.5 Å². The van der Waals surface area contributed by atoms with Crippen molar-refractivity contribution in [2.24, 2.45) is 0 Å². The molecule has 0 N–H and O–H groups in total. The van der Waals surface area contributed by atoms with E-state index in [-0.39, 0.29) is 0 Å². The molecule has 0 unspecified atom stereocenters. The standard InChI is InChI=1S/C14H15Cl2N2O/c1-3-4-7-19-14-8-10(2)18(17-14)11-5-6-12(15)13(16)9-11/h5-6,8-9H,1,3-4,7H2,2H3. The Balaban J connectivity index is 2.22. The Kier molecular flexibility index (Phi) is 4.72. The summed E-state index contributed by atoms with van der Waals surface area (Å²) >= 11 is 11.9. The third-order valence-corrected chi connectivity index (χ3v) is 3.40. The number of hydrogen-bond acceptors (Lipinski definition) is 2.